The van der Waals surface area contributed by atoms with Crippen molar-refractivity contribution >= 4 is 17.5 Å². The van der Waals surface area contributed by atoms with Gasteiger partial charge >= 0.3 is 0 Å². The highest BCUT2D eigenvalue weighted by Crippen LogP contribution is 2.29. The van der Waals surface area contributed by atoms with Crippen molar-refractivity contribution in [3.63, 3.8) is 0 Å². The summed E-state index contributed by atoms with van der Waals surface area (Å²) >= 11 is 6.12. The highest BCUT2D eigenvalue weighted by atomic mass is 35.5. The van der Waals surface area contributed by atoms with E-state index in [1.54, 1.807) is 7.11 Å². The van der Waals surface area contributed by atoms with Gasteiger partial charge in [-0.25, -0.2) is 0 Å². The minimum atomic E-state index is 0.0685. The van der Waals surface area contributed by atoms with Crippen LogP contribution in [0.1, 0.15) is 31.7 Å². The van der Waals surface area contributed by atoms with Crippen LogP contribution in [0.2, 0.25) is 5.02 Å². The number of amides is 1. The van der Waals surface area contributed by atoms with Crippen LogP contribution in [0.25, 0.3) is 0 Å². The molecule has 0 aliphatic carbocycles. The van der Waals surface area contributed by atoms with E-state index in [-0.39, 0.29) is 12.0 Å². The zero-order valence-electron chi connectivity index (χ0n) is 17.7. The maximum absolute atomic E-state index is 12.6. The number of rotatable bonds is 8. The standard InChI is InChI=1S/C22H34ClN3O3/c1-3-20-15-26(14-18-4-5-19(23)12-21(18)29-20)16-22(27)24-13-17-6-8-25(9-7-17)10-11-28-2/h4-5,12,17,20H,3,6-11,13-16H2,1-2H3,(H,24,27)/t20-/m0/s1. The van der Waals surface area contributed by atoms with Gasteiger partial charge in [-0.1, -0.05) is 24.6 Å². The van der Waals surface area contributed by atoms with Crippen molar-refractivity contribution in [2.75, 3.05) is 53.0 Å². The molecular weight excluding hydrogens is 390 g/mol. The third kappa shape index (κ3) is 6.85. The van der Waals surface area contributed by atoms with Crippen LogP contribution in [0.4, 0.5) is 0 Å². The fraction of sp³-hybridized carbons (Fsp3) is 0.682. The third-order valence-corrected chi connectivity index (χ3v) is 6.14. The molecule has 1 amide bonds. The van der Waals surface area contributed by atoms with E-state index >= 15 is 0 Å². The molecule has 1 atom stereocenters. The van der Waals surface area contributed by atoms with Gasteiger partial charge in [0.15, 0.2) is 0 Å². The maximum atomic E-state index is 12.6. The fourth-order valence-corrected chi connectivity index (χ4v) is 4.23. The summed E-state index contributed by atoms with van der Waals surface area (Å²) in [5, 5.41) is 3.84. The van der Waals surface area contributed by atoms with Crippen molar-refractivity contribution in [3.8, 4) is 5.75 Å². The Labute approximate surface area is 179 Å². The van der Waals surface area contributed by atoms with Crippen molar-refractivity contribution in [1.29, 1.82) is 0 Å². The zero-order valence-corrected chi connectivity index (χ0v) is 18.4. The number of hydrogen-bond acceptors (Lipinski definition) is 5. The van der Waals surface area contributed by atoms with Crippen molar-refractivity contribution in [2.45, 2.75) is 38.8 Å². The molecule has 0 saturated carbocycles. The lowest BCUT2D eigenvalue weighted by atomic mass is 9.97. The van der Waals surface area contributed by atoms with Gasteiger partial charge < -0.3 is 19.7 Å². The van der Waals surface area contributed by atoms with Crippen LogP contribution in [0.5, 0.6) is 5.75 Å². The molecular formula is C22H34ClN3O3. The summed E-state index contributed by atoms with van der Waals surface area (Å²) in [5.74, 6) is 1.50. The first kappa shape index (κ1) is 22.3. The fourth-order valence-electron chi connectivity index (χ4n) is 4.06. The van der Waals surface area contributed by atoms with E-state index in [1.807, 2.05) is 18.2 Å². The summed E-state index contributed by atoms with van der Waals surface area (Å²) in [6, 6.07) is 5.76. The topological polar surface area (TPSA) is 54.0 Å². The Morgan fingerprint density at radius 1 is 1.31 bits per heavy atom. The average molecular weight is 424 g/mol. The van der Waals surface area contributed by atoms with Gasteiger partial charge in [-0.2, -0.15) is 0 Å². The van der Waals surface area contributed by atoms with E-state index in [0.29, 0.717) is 24.0 Å². The molecule has 1 aromatic carbocycles. The molecule has 1 fully saturated rings. The number of nitrogens with one attached hydrogen (secondary N) is 1. The van der Waals surface area contributed by atoms with Crippen LogP contribution in [0.15, 0.2) is 18.2 Å². The summed E-state index contributed by atoms with van der Waals surface area (Å²) in [4.78, 5) is 17.2. The SMILES string of the molecule is CC[C@H]1CN(CC(=O)NCC2CCN(CCOC)CC2)Cc2ccc(Cl)cc2O1. The molecule has 29 heavy (non-hydrogen) atoms. The van der Waals surface area contributed by atoms with Gasteiger partial charge in [-0.3, -0.25) is 9.69 Å². The Kier molecular flexibility index (Phi) is 8.60. The molecule has 6 nitrogen and oxygen atoms in total. The van der Waals surface area contributed by atoms with Crippen LogP contribution in [0.3, 0.4) is 0 Å². The second-order valence-corrected chi connectivity index (χ2v) is 8.59. The van der Waals surface area contributed by atoms with Gasteiger partial charge in [0.2, 0.25) is 5.91 Å². The van der Waals surface area contributed by atoms with E-state index < -0.39 is 0 Å². The number of carbonyl (C=O) groups excluding carboxylic acids is 1. The van der Waals surface area contributed by atoms with Crippen LogP contribution in [-0.2, 0) is 16.1 Å². The number of fused-ring (bicyclic) bond motifs is 1. The van der Waals surface area contributed by atoms with Gasteiger partial charge in [-0.05, 0) is 50.4 Å². The van der Waals surface area contributed by atoms with Gasteiger partial charge in [0.05, 0.1) is 13.2 Å². The summed E-state index contributed by atoms with van der Waals surface area (Å²) in [7, 11) is 1.75. The first-order valence-electron chi connectivity index (χ1n) is 10.7. The first-order valence-corrected chi connectivity index (χ1v) is 11.1. The minimum absolute atomic E-state index is 0.0685. The number of carbonyl (C=O) groups is 1. The number of piperidine rings is 1. The van der Waals surface area contributed by atoms with Crippen LogP contribution >= 0.6 is 11.6 Å². The molecule has 0 spiro atoms. The molecule has 0 aromatic heterocycles. The molecule has 1 N–H and O–H groups in total. The number of hydrogen-bond donors (Lipinski definition) is 1. The van der Waals surface area contributed by atoms with Gasteiger partial charge in [0.25, 0.3) is 0 Å². The zero-order chi connectivity index (χ0) is 20.6. The highest BCUT2D eigenvalue weighted by molar-refractivity contribution is 6.30. The Balaban J connectivity index is 1.45. The van der Waals surface area contributed by atoms with Crippen molar-refractivity contribution in [3.05, 3.63) is 28.8 Å². The smallest absolute Gasteiger partial charge is 0.234 e. The molecule has 3 rings (SSSR count). The quantitative estimate of drug-likeness (QED) is 0.696. The summed E-state index contributed by atoms with van der Waals surface area (Å²) < 4.78 is 11.3. The Hall–Kier alpha value is -1.34. The largest absolute Gasteiger partial charge is 0.489 e. The average Bonchev–Trinajstić information content (AvgIpc) is 2.89. The molecule has 1 saturated heterocycles. The van der Waals surface area contributed by atoms with E-state index in [1.165, 1.54) is 0 Å². The Morgan fingerprint density at radius 2 is 2.10 bits per heavy atom. The van der Waals surface area contributed by atoms with Crippen LogP contribution < -0.4 is 10.1 Å². The molecule has 2 aliphatic rings. The van der Waals surface area contributed by atoms with E-state index in [0.717, 1.165) is 69.9 Å². The predicted molar refractivity (Wildman–Crippen MR) is 115 cm³/mol. The van der Waals surface area contributed by atoms with Gasteiger partial charge in [-0.15, -0.1) is 0 Å². The van der Waals surface area contributed by atoms with Gasteiger partial charge in [0.1, 0.15) is 11.9 Å². The lowest BCUT2D eigenvalue weighted by Crippen LogP contribution is -2.43. The van der Waals surface area contributed by atoms with Gasteiger partial charge in [0, 0.05) is 43.9 Å². The minimum Gasteiger partial charge on any atom is -0.489 e. The van der Waals surface area contributed by atoms with E-state index in [4.69, 9.17) is 21.1 Å². The summed E-state index contributed by atoms with van der Waals surface area (Å²) in [6.45, 7) is 8.68. The Morgan fingerprint density at radius 3 is 2.83 bits per heavy atom. The maximum Gasteiger partial charge on any atom is 0.234 e. The molecule has 2 aliphatic heterocycles. The second-order valence-electron chi connectivity index (χ2n) is 8.15. The number of ether oxygens (including phenoxy) is 2. The predicted octanol–water partition coefficient (Wildman–Crippen LogP) is 2.79. The van der Waals surface area contributed by atoms with Crippen LogP contribution in [0, 0.1) is 5.92 Å². The number of benzene rings is 1. The lowest BCUT2D eigenvalue weighted by Gasteiger charge is -2.32. The normalized spacial score (nSPS) is 21.3. The number of methoxy groups -OCH3 is 1. The molecule has 7 heteroatoms. The molecule has 0 radical (unpaired) electrons. The molecule has 0 bridgehead atoms. The van der Waals surface area contributed by atoms with Crippen molar-refractivity contribution in [1.82, 2.24) is 15.1 Å². The lowest BCUT2D eigenvalue weighted by molar-refractivity contribution is -0.122. The second kappa shape index (κ2) is 11.2. The number of nitrogens with zero attached hydrogens (tertiary/aromatic N) is 2. The van der Waals surface area contributed by atoms with Crippen molar-refractivity contribution in [2.24, 2.45) is 5.92 Å². The number of likely N-dealkylation sites (tertiary alicyclic amines) is 1. The molecule has 0 unspecified atom stereocenters. The van der Waals surface area contributed by atoms with Crippen LogP contribution in [-0.4, -0.2) is 74.8 Å². The summed E-state index contributed by atoms with van der Waals surface area (Å²) in [5.41, 5.74) is 1.08. The molecule has 2 heterocycles. The monoisotopic (exact) mass is 423 g/mol. The van der Waals surface area contributed by atoms with E-state index in [9.17, 15) is 4.79 Å². The molecule has 162 valence electrons. The third-order valence-electron chi connectivity index (χ3n) is 5.91. The van der Waals surface area contributed by atoms with E-state index in [2.05, 4.69) is 22.0 Å². The number of halogens is 1. The Bertz CT molecular complexity index is 665. The summed E-state index contributed by atoms with van der Waals surface area (Å²) in [6.07, 6.45) is 3.23. The van der Waals surface area contributed by atoms with Crippen molar-refractivity contribution < 1.29 is 14.3 Å². The molecule has 1 aromatic rings. The highest BCUT2D eigenvalue weighted by Gasteiger charge is 2.24. The first-order chi connectivity index (χ1) is 14.1.